The number of piperidine rings is 1. The second kappa shape index (κ2) is 8.21. The van der Waals surface area contributed by atoms with Gasteiger partial charge in [0.25, 0.3) is 5.91 Å². The summed E-state index contributed by atoms with van der Waals surface area (Å²) in [5.74, 6) is 0.140. The van der Waals surface area contributed by atoms with Gasteiger partial charge >= 0.3 is 0 Å². The third-order valence-corrected chi connectivity index (χ3v) is 9.01. The van der Waals surface area contributed by atoms with Crippen LogP contribution in [0.25, 0.3) is 5.65 Å². The molecule has 1 saturated carbocycles. The molecule has 2 saturated heterocycles. The SMILES string of the molecule is CC(=O)N1[C@H](Cc2ccccc2)[C@@H]2C[C@@]3(C)[C@H](CCCC[C@@H]13)N2C(=O)c1cn2c(C)cccc2n1. The van der Waals surface area contributed by atoms with Gasteiger partial charge in [0.05, 0.1) is 12.1 Å². The van der Waals surface area contributed by atoms with E-state index in [1.165, 1.54) is 5.56 Å². The monoisotopic (exact) mass is 470 g/mol. The van der Waals surface area contributed by atoms with Crippen LogP contribution in [-0.4, -0.2) is 55.2 Å². The zero-order valence-corrected chi connectivity index (χ0v) is 20.9. The standard InChI is InChI=1S/C29H34N4O2/c1-19-10-9-15-27-30-22(18-31(19)27)28(35)33-24-17-29(3)25(13-7-8-14-26(29)33)32(20(2)34)23(24)16-21-11-5-4-6-12-21/h4-6,9-12,15,18,23-26H,7-8,13-14,16-17H2,1-3H3/t23-,24+,25-,26+,29-/m1/s1. The Balaban J connectivity index is 1.46. The molecule has 2 amide bonds. The number of aryl methyl sites for hydroxylation is 1. The molecule has 5 atom stereocenters. The van der Waals surface area contributed by atoms with Crippen molar-refractivity contribution in [3.05, 3.63) is 71.7 Å². The molecule has 6 heteroatoms. The van der Waals surface area contributed by atoms with Crippen LogP contribution >= 0.6 is 0 Å². The van der Waals surface area contributed by atoms with Crippen molar-refractivity contribution in [2.75, 3.05) is 0 Å². The van der Waals surface area contributed by atoms with Gasteiger partial charge in [0.15, 0.2) is 0 Å². The van der Waals surface area contributed by atoms with Crippen LogP contribution in [0.5, 0.6) is 0 Å². The molecular formula is C29H34N4O2. The third kappa shape index (κ3) is 3.40. The summed E-state index contributed by atoms with van der Waals surface area (Å²) in [5.41, 5.74) is 3.48. The molecule has 3 aliphatic rings. The van der Waals surface area contributed by atoms with Gasteiger partial charge in [-0.15, -0.1) is 0 Å². The number of amides is 2. The summed E-state index contributed by atoms with van der Waals surface area (Å²) >= 11 is 0. The van der Waals surface area contributed by atoms with E-state index in [0.717, 1.165) is 49.9 Å². The fourth-order valence-electron chi connectivity index (χ4n) is 7.48. The number of carbonyl (C=O) groups is 2. The number of hydrogen-bond acceptors (Lipinski definition) is 3. The molecule has 0 N–H and O–H groups in total. The Labute approximate surface area is 206 Å². The summed E-state index contributed by atoms with van der Waals surface area (Å²) in [6.07, 6.45) is 7.79. The second-order valence-electron chi connectivity index (χ2n) is 11.0. The van der Waals surface area contributed by atoms with Crippen LogP contribution in [0.4, 0.5) is 0 Å². The van der Waals surface area contributed by atoms with Gasteiger partial charge < -0.3 is 14.2 Å². The van der Waals surface area contributed by atoms with Crippen molar-refractivity contribution in [2.45, 2.75) is 83.5 Å². The number of aromatic nitrogens is 2. The van der Waals surface area contributed by atoms with E-state index in [1.807, 2.05) is 41.8 Å². The lowest BCUT2D eigenvalue weighted by Crippen LogP contribution is -2.61. The Hall–Kier alpha value is -3.15. The lowest BCUT2D eigenvalue weighted by Gasteiger charge is -2.50. The molecule has 2 aromatic heterocycles. The van der Waals surface area contributed by atoms with E-state index in [1.54, 1.807) is 6.92 Å². The molecule has 2 aliphatic heterocycles. The van der Waals surface area contributed by atoms with E-state index < -0.39 is 0 Å². The van der Waals surface area contributed by atoms with Crippen molar-refractivity contribution in [2.24, 2.45) is 5.41 Å². The molecule has 3 fully saturated rings. The number of pyridine rings is 1. The van der Waals surface area contributed by atoms with Crippen molar-refractivity contribution in [1.29, 1.82) is 0 Å². The summed E-state index contributed by atoms with van der Waals surface area (Å²) in [5, 5.41) is 0. The van der Waals surface area contributed by atoms with Crippen LogP contribution in [-0.2, 0) is 11.2 Å². The van der Waals surface area contributed by atoms with Crippen LogP contribution in [0.15, 0.2) is 54.7 Å². The third-order valence-electron chi connectivity index (χ3n) is 9.01. The van der Waals surface area contributed by atoms with E-state index in [9.17, 15) is 9.59 Å². The lowest BCUT2D eigenvalue weighted by molar-refractivity contribution is -0.141. The van der Waals surface area contributed by atoms with Gasteiger partial charge in [0.1, 0.15) is 11.3 Å². The Bertz CT molecular complexity index is 1280. The van der Waals surface area contributed by atoms with Crippen molar-refractivity contribution >= 4 is 17.5 Å². The normalized spacial score (nSPS) is 29.9. The van der Waals surface area contributed by atoms with Gasteiger partial charge in [-0.2, -0.15) is 0 Å². The molecule has 1 aromatic carbocycles. The van der Waals surface area contributed by atoms with Gasteiger partial charge in [-0.1, -0.05) is 56.2 Å². The predicted octanol–water partition coefficient (Wildman–Crippen LogP) is 4.65. The van der Waals surface area contributed by atoms with Crippen LogP contribution in [0.2, 0.25) is 0 Å². The Morgan fingerprint density at radius 3 is 2.40 bits per heavy atom. The maximum absolute atomic E-state index is 14.2. The number of nitrogens with zero attached hydrogens (tertiary/aromatic N) is 4. The molecule has 1 aliphatic carbocycles. The maximum Gasteiger partial charge on any atom is 0.274 e. The van der Waals surface area contributed by atoms with Crippen molar-refractivity contribution in [3.63, 3.8) is 0 Å². The summed E-state index contributed by atoms with van der Waals surface area (Å²) in [6.45, 7) is 6.07. The molecule has 3 aromatic rings. The Kier molecular flexibility index (Phi) is 5.24. The minimum atomic E-state index is -0.0925. The summed E-state index contributed by atoms with van der Waals surface area (Å²) in [7, 11) is 0. The number of carbonyl (C=O) groups excluding carboxylic acids is 2. The molecular weight excluding hydrogens is 436 g/mol. The van der Waals surface area contributed by atoms with Crippen LogP contribution < -0.4 is 0 Å². The average molecular weight is 471 g/mol. The number of benzene rings is 1. The zero-order chi connectivity index (χ0) is 24.3. The van der Waals surface area contributed by atoms with E-state index >= 15 is 0 Å². The molecule has 0 radical (unpaired) electrons. The average Bonchev–Trinajstić information content (AvgIpc) is 3.34. The summed E-state index contributed by atoms with van der Waals surface area (Å²) in [6, 6.07) is 16.6. The molecule has 6 rings (SSSR count). The molecule has 182 valence electrons. The fraction of sp³-hybridized carbons (Fsp3) is 0.483. The van der Waals surface area contributed by atoms with Gasteiger partial charge in [-0.05, 0) is 50.3 Å². The lowest BCUT2D eigenvalue weighted by atomic mass is 9.69. The van der Waals surface area contributed by atoms with Crippen molar-refractivity contribution in [3.8, 4) is 0 Å². The van der Waals surface area contributed by atoms with Crippen molar-refractivity contribution < 1.29 is 9.59 Å². The maximum atomic E-state index is 14.2. The number of imidazole rings is 1. The van der Waals surface area contributed by atoms with Gasteiger partial charge in [0.2, 0.25) is 5.91 Å². The van der Waals surface area contributed by atoms with E-state index in [2.05, 4.69) is 41.0 Å². The number of rotatable bonds is 3. The van der Waals surface area contributed by atoms with Crippen LogP contribution in [0.3, 0.4) is 0 Å². The Morgan fingerprint density at radius 1 is 1.00 bits per heavy atom. The molecule has 0 unspecified atom stereocenters. The van der Waals surface area contributed by atoms with Crippen LogP contribution in [0, 0.1) is 12.3 Å². The molecule has 2 bridgehead atoms. The summed E-state index contributed by atoms with van der Waals surface area (Å²) < 4.78 is 2.00. The number of fused-ring (bicyclic) bond motifs is 2. The smallest absolute Gasteiger partial charge is 0.274 e. The number of likely N-dealkylation sites (tertiary alicyclic amines) is 2. The quantitative estimate of drug-likeness (QED) is 0.560. The highest BCUT2D eigenvalue weighted by Crippen LogP contribution is 2.55. The molecule has 6 nitrogen and oxygen atoms in total. The largest absolute Gasteiger partial charge is 0.334 e. The molecule has 35 heavy (non-hydrogen) atoms. The van der Waals surface area contributed by atoms with E-state index in [-0.39, 0.29) is 41.4 Å². The van der Waals surface area contributed by atoms with E-state index in [0.29, 0.717) is 5.69 Å². The first-order valence-corrected chi connectivity index (χ1v) is 13.0. The van der Waals surface area contributed by atoms with Crippen LogP contribution in [0.1, 0.15) is 67.7 Å². The first-order valence-electron chi connectivity index (χ1n) is 13.0. The minimum absolute atomic E-state index is 0.0101. The predicted molar refractivity (Wildman–Crippen MR) is 135 cm³/mol. The van der Waals surface area contributed by atoms with Gasteiger partial charge in [0, 0.05) is 36.3 Å². The first kappa shape index (κ1) is 22.3. The van der Waals surface area contributed by atoms with Crippen molar-refractivity contribution in [1.82, 2.24) is 19.2 Å². The molecule has 0 spiro atoms. The minimum Gasteiger partial charge on any atom is -0.334 e. The fourth-order valence-corrected chi connectivity index (χ4v) is 7.48. The highest BCUT2D eigenvalue weighted by molar-refractivity contribution is 5.94. The highest BCUT2D eigenvalue weighted by Gasteiger charge is 2.63. The highest BCUT2D eigenvalue weighted by atomic mass is 16.2. The van der Waals surface area contributed by atoms with Gasteiger partial charge in [-0.25, -0.2) is 4.98 Å². The van der Waals surface area contributed by atoms with Gasteiger partial charge in [-0.3, -0.25) is 9.59 Å². The second-order valence-corrected chi connectivity index (χ2v) is 11.0. The first-order chi connectivity index (χ1) is 16.9. The Morgan fingerprint density at radius 2 is 1.71 bits per heavy atom. The molecule has 4 heterocycles. The number of hydrogen-bond donors (Lipinski definition) is 0. The topological polar surface area (TPSA) is 57.9 Å². The summed E-state index contributed by atoms with van der Waals surface area (Å²) in [4.78, 5) is 36.5. The van der Waals surface area contributed by atoms with E-state index in [4.69, 9.17) is 4.98 Å². The zero-order valence-electron chi connectivity index (χ0n) is 20.9.